The van der Waals surface area contributed by atoms with Gasteiger partial charge < -0.3 is 14.9 Å². The number of hydrogen-bond acceptors (Lipinski definition) is 5. The second-order valence-corrected chi connectivity index (χ2v) is 6.44. The van der Waals surface area contributed by atoms with Crippen LogP contribution in [0.5, 0.6) is 0 Å². The minimum Gasteiger partial charge on any atom is -0.478 e. The molecule has 1 aliphatic carbocycles. The molecule has 134 valence electrons. The minimum atomic E-state index is -0.962. The highest BCUT2D eigenvalue weighted by Gasteiger charge is 2.20. The number of rotatable bonds is 6. The normalized spacial score (nSPS) is 15.7. The predicted octanol–water partition coefficient (Wildman–Crippen LogP) is 2.72. The molecule has 0 amide bonds. The van der Waals surface area contributed by atoms with Gasteiger partial charge in [-0.15, -0.1) is 0 Å². The van der Waals surface area contributed by atoms with E-state index >= 15 is 0 Å². The van der Waals surface area contributed by atoms with Crippen LogP contribution >= 0.6 is 0 Å². The van der Waals surface area contributed by atoms with E-state index in [0.717, 1.165) is 18.5 Å². The molecule has 0 aliphatic heterocycles. The van der Waals surface area contributed by atoms with E-state index in [9.17, 15) is 9.90 Å². The fraction of sp³-hybridized carbons (Fsp3) is 0.316. The van der Waals surface area contributed by atoms with Gasteiger partial charge in [-0.25, -0.2) is 14.8 Å². The van der Waals surface area contributed by atoms with Crippen LogP contribution in [-0.4, -0.2) is 43.4 Å². The van der Waals surface area contributed by atoms with Crippen LogP contribution in [0, 0.1) is 0 Å². The smallest absolute Gasteiger partial charge is 0.335 e. The van der Waals surface area contributed by atoms with Crippen molar-refractivity contribution in [2.45, 2.75) is 31.5 Å². The summed E-state index contributed by atoms with van der Waals surface area (Å²) in [5, 5.41) is 19.3. The topological polar surface area (TPSA) is 97.5 Å². The first kappa shape index (κ1) is 16.7. The molecule has 2 N–H and O–H groups in total. The number of aromatic carboxylic acids is 1. The fourth-order valence-electron chi connectivity index (χ4n) is 2.91. The van der Waals surface area contributed by atoms with Crippen molar-refractivity contribution >= 4 is 17.1 Å². The van der Waals surface area contributed by atoms with Gasteiger partial charge >= 0.3 is 5.97 Å². The van der Waals surface area contributed by atoms with Crippen molar-refractivity contribution in [1.82, 2.24) is 14.5 Å². The van der Waals surface area contributed by atoms with Crippen molar-refractivity contribution in [3.8, 4) is 5.69 Å². The zero-order valence-electron chi connectivity index (χ0n) is 14.1. The number of aliphatic hydroxyl groups is 1. The van der Waals surface area contributed by atoms with Gasteiger partial charge in [0.15, 0.2) is 5.65 Å². The summed E-state index contributed by atoms with van der Waals surface area (Å²) in [5.41, 5.74) is 2.81. The Hall–Kier alpha value is -2.77. The van der Waals surface area contributed by atoms with E-state index in [1.807, 2.05) is 16.8 Å². The molecule has 1 fully saturated rings. The standard InChI is InChI=1S/C19H19N3O4/c23-17(11-26-14-2-1-3-14)16-10-20-18-15(21-16)8-9-22(18)13-6-4-12(5-7-13)19(24)25/h4-10,14,17,23H,1-3,11H2,(H,24,25). The van der Waals surface area contributed by atoms with Gasteiger partial charge in [-0.05, 0) is 49.6 Å². The van der Waals surface area contributed by atoms with Gasteiger partial charge in [0, 0.05) is 11.9 Å². The van der Waals surface area contributed by atoms with E-state index in [1.165, 1.54) is 6.42 Å². The first-order valence-corrected chi connectivity index (χ1v) is 8.59. The van der Waals surface area contributed by atoms with Gasteiger partial charge in [-0.3, -0.25) is 4.57 Å². The Labute approximate surface area is 149 Å². The maximum atomic E-state index is 11.0. The van der Waals surface area contributed by atoms with Gasteiger partial charge in [0.1, 0.15) is 11.6 Å². The third-order valence-electron chi connectivity index (χ3n) is 4.68. The van der Waals surface area contributed by atoms with Gasteiger partial charge in [-0.2, -0.15) is 0 Å². The molecule has 0 radical (unpaired) electrons. The lowest BCUT2D eigenvalue weighted by molar-refractivity contribution is -0.0437. The number of aliphatic hydroxyl groups excluding tert-OH is 1. The number of carboxylic acid groups (broad SMARTS) is 1. The Morgan fingerprint density at radius 3 is 2.69 bits per heavy atom. The Bertz CT molecular complexity index is 932. The van der Waals surface area contributed by atoms with Crippen molar-refractivity contribution < 1.29 is 19.7 Å². The van der Waals surface area contributed by atoms with E-state index in [0.29, 0.717) is 16.9 Å². The summed E-state index contributed by atoms with van der Waals surface area (Å²) >= 11 is 0. The summed E-state index contributed by atoms with van der Waals surface area (Å²) < 4.78 is 7.47. The first-order chi connectivity index (χ1) is 12.6. The van der Waals surface area contributed by atoms with Crippen LogP contribution in [0.4, 0.5) is 0 Å². The third kappa shape index (κ3) is 3.18. The van der Waals surface area contributed by atoms with E-state index in [2.05, 4.69) is 9.97 Å². The summed E-state index contributed by atoms with van der Waals surface area (Å²) in [4.78, 5) is 19.9. The molecule has 2 aromatic heterocycles. The molecule has 1 saturated carbocycles. The third-order valence-corrected chi connectivity index (χ3v) is 4.68. The summed E-state index contributed by atoms with van der Waals surface area (Å²) in [5.74, 6) is -0.962. The lowest BCUT2D eigenvalue weighted by Crippen LogP contribution is -2.24. The van der Waals surface area contributed by atoms with Crippen molar-refractivity contribution in [3.05, 3.63) is 54.0 Å². The number of nitrogens with zero attached hydrogens (tertiary/aromatic N) is 3. The van der Waals surface area contributed by atoms with Crippen LogP contribution < -0.4 is 0 Å². The molecule has 7 nitrogen and oxygen atoms in total. The number of benzene rings is 1. The SMILES string of the molecule is O=C(O)c1ccc(-n2ccc3nc(C(O)COC4CCC4)cnc32)cc1. The van der Waals surface area contributed by atoms with Gasteiger partial charge in [0.05, 0.1) is 30.2 Å². The number of carbonyl (C=O) groups is 1. The predicted molar refractivity (Wildman–Crippen MR) is 94.4 cm³/mol. The maximum Gasteiger partial charge on any atom is 0.335 e. The molecule has 3 aromatic rings. The molecule has 0 spiro atoms. The van der Waals surface area contributed by atoms with Crippen LogP contribution in [0.1, 0.15) is 41.4 Å². The molecule has 2 heterocycles. The highest BCUT2D eigenvalue weighted by molar-refractivity contribution is 5.87. The van der Waals surface area contributed by atoms with E-state index < -0.39 is 12.1 Å². The van der Waals surface area contributed by atoms with Crippen molar-refractivity contribution in [3.63, 3.8) is 0 Å². The second-order valence-electron chi connectivity index (χ2n) is 6.44. The molecule has 26 heavy (non-hydrogen) atoms. The van der Waals surface area contributed by atoms with Crippen molar-refractivity contribution in [1.29, 1.82) is 0 Å². The lowest BCUT2D eigenvalue weighted by atomic mass is 9.96. The number of hydrogen-bond donors (Lipinski definition) is 2. The van der Waals surface area contributed by atoms with E-state index in [1.54, 1.807) is 30.5 Å². The highest BCUT2D eigenvalue weighted by atomic mass is 16.5. The summed E-state index contributed by atoms with van der Waals surface area (Å²) in [6.07, 6.45) is 6.14. The number of ether oxygens (including phenoxy) is 1. The Morgan fingerprint density at radius 1 is 1.27 bits per heavy atom. The molecule has 0 saturated heterocycles. The second kappa shape index (κ2) is 6.86. The molecule has 4 rings (SSSR count). The van der Waals surface area contributed by atoms with Crippen LogP contribution in [0.3, 0.4) is 0 Å². The fourth-order valence-corrected chi connectivity index (χ4v) is 2.91. The van der Waals surface area contributed by atoms with E-state index in [-0.39, 0.29) is 18.3 Å². The zero-order chi connectivity index (χ0) is 18.1. The molecule has 1 atom stereocenters. The number of aromatic nitrogens is 3. The van der Waals surface area contributed by atoms with E-state index in [4.69, 9.17) is 9.84 Å². The quantitative estimate of drug-likeness (QED) is 0.707. The summed E-state index contributed by atoms with van der Waals surface area (Å²) in [6.45, 7) is 0.224. The minimum absolute atomic E-state index is 0.224. The molecule has 1 aromatic carbocycles. The first-order valence-electron chi connectivity index (χ1n) is 8.59. The summed E-state index contributed by atoms with van der Waals surface area (Å²) in [6, 6.07) is 8.36. The van der Waals surface area contributed by atoms with Gasteiger partial charge in [0.25, 0.3) is 0 Å². The zero-order valence-corrected chi connectivity index (χ0v) is 14.1. The highest BCUT2D eigenvalue weighted by Crippen LogP contribution is 2.24. The Morgan fingerprint density at radius 2 is 2.04 bits per heavy atom. The lowest BCUT2D eigenvalue weighted by Gasteiger charge is -2.26. The molecular weight excluding hydrogens is 334 g/mol. The Kier molecular flexibility index (Phi) is 4.40. The number of fused-ring (bicyclic) bond motifs is 1. The molecular formula is C19H19N3O4. The Balaban J connectivity index is 1.55. The molecule has 7 heteroatoms. The van der Waals surface area contributed by atoms with Crippen molar-refractivity contribution in [2.75, 3.05) is 6.61 Å². The number of carboxylic acids is 1. The van der Waals surface area contributed by atoms with Crippen molar-refractivity contribution in [2.24, 2.45) is 0 Å². The molecule has 0 bridgehead atoms. The maximum absolute atomic E-state index is 11.0. The van der Waals surface area contributed by atoms with Crippen LogP contribution in [0.2, 0.25) is 0 Å². The average molecular weight is 353 g/mol. The molecule has 1 unspecified atom stereocenters. The van der Waals surface area contributed by atoms with Gasteiger partial charge in [-0.1, -0.05) is 0 Å². The van der Waals surface area contributed by atoms with Gasteiger partial charge in [0.2, 0.25) is 0 Å². The van der Waals surface area contributed by atoms with Crippen LogP contribution in [0.25, 0.3) is 16.9 Å². The molecule has 1 aliphatic rings. The van der Waals surface area contributed by atoms with Crippen LogP contribution in [-0.2, 0) is 4.74 Å². The largest absolute Gasteiger partial charge is 0.478 e. The average Bonchev–Trinajstić information content (AvgIpc) is 3.03. The monoisotopic (exact) mass is 353 g/mol. The van der Waals surface area contributed by atoms with Crippen LogP contribution in [0.15, 0.2) is 42.7 Å². The summed E-state index contributed by atoms with van der Waals surface area (Å²) in [7, 11) is 0.